The number of carboxylic acids is 1. The van der Waals surface area contributed by atoms with Crippen molar-refractivity contribution in [1.82, 2.24) is 9.97 Å². The van der Waals surface area contributed by atoms with Crippen molar-refractivity contribution in [2.45, 2.75) is 6.92 Å². The lowest BCUT2D eigenvalue weighted by Crippen LogP contribution is -2.23. The van der Waals surface area contributed by atoms with E-state index in [0.717, 1.165) is 0 Å². The summed E-state index contributed by atoms with van der Waals surface area (Å²) in [5.74, 6) is -0.841. The summed E-state index contributed by atoms with van der Waals surface area (Å²) in [4.78, 5) is 32.0. The van der Waals surface area contributed by atoms with Gasteiger partial charge in [0.25, 0.3) is 0 Å². The summed E-state index contributed by atoms with van der Waals surface area (Å²) in [7, 11) is 1.61. The zero-order valence-corrected chi connectivity index (χ0v) is 14.8. The van der Waals surface area contributed by atoms with E-state index in [1.54, 1.807) is 25.2 Å². The summed E-state index contributed by atoms with van der Waals surface area (Å²) in [5.41, 5.74) is 2.35. The van der Waals surface area contributed by atoms with E-state index < -0.39 is 5.97 Å². The van der Waals surface area contributed by atoms with Gasteiger partial charge in [0.05, 0.1) is 32.3 Å². The standard InChI is InChI=1S/C17H13Cl2N3O3/c1-8(23)22(2)15-4-3-9(17(24)25)5-10(15)16-20-13-6-11(18)12(19)7-14(13)21-16/h3-7H,1-2H3,(H,20,21)(H,24,25). The van der Waals surface area contributed by atoms with Crippen LogP contribution in [0.5, 0.6) is 0 Å². The van der Waals surface area contributed by atoms with Crippen LogP contribution in [-0.2, 0) is 4.79 Å². The number of rotatable bonds is 3. The SMILES string of the molecule is CC(=O)N(C)c1ccc(C(=O)O)cc1-c1nc2cc(Cl)c(Cl)cc2[nH]1. The van der Waals surface area contributed by atoms with Gasteiger partial charge >= 0.3 is 5.97 Å². The van der Waals surface area contributed by atoms with Crippen molar-refractivity contribution in [1.29, 1.82) is 0 Å². The quantitative estimate of drug-likeness (QED) is 0.715. The van der Waals surface area contributed by atoms with E-state index in [1.165, 1.54) is 24.0 Å². The largest absolute Gasteiger partial charge is 0.478 e. The summed E-state index contributed by atoms with van der Waals surface area (Å²) in [6.45, 7) is 1.42. The highest BCUT2D eigenvalue weighted by molar-refractivity contribution is 6.42. The highest BCUT2D eigenvalue weighted by atomic mass is 35.5. The number of carbonyl (C=O) groups excluding carboxylic acids is 1. The van der Waals surface area contributed by atoms with E-state index in [9.17, 15) is 14.7 Å². The first kappa shape index (κ1) is 17.3. The van der Waals surface area contributed by atoms with Crippen molar-refractivity contribution >= 4 is 51.8 Å². The molecule has 2 N–H and O–H groups in total. The number of aromatic carboxylic acids is 1. The summed E-state index contributed by atoms with van der Waals surface area (Å²) in [6.07, 6.45) is 0. The molecule has 25 heavy (non-hydrogen) atoms. The molecule has 8 heteroatoms. The molecule has 0 spiro atoms. The summed E-state index contributed by atoms with van der Waals surface area (Å²) >= 11 is 12.0. The fourth-order valence-corrected chi connectivity index (χ4v) is 2.77. The normalized spacial score (nSPS) is 10.9. The molecule has 0 aliphatic rings. The number of halogens is 2. The predicted molar refractivity (Wildman–Crippen MR) is 97.6 cm³/mol. The molecule has 0 atom stereocenters. The van der Waals surface area contributed by atoms with E-state index in [-0.39, 0.29) is 11.5 Å². The highest BCUT2D eigenvalue weighted by Gasteiger charge is 2.18. The van der Waals surface area contributed by atoms with Crippen molar-refractivity contribution in [3.8, 4) is 11.4 Å². The van der Waals surface area contributed by atoms with Crippen LogP contribution in [0.3, 0.4) is 0 Å². The maximum absolute atomic E-state index is 11.8. The van der Waals surface area contributed by atoms with Crippen LogP contribution in [-0.4, -0.2) is 34.0 Å². The number of aromatic amines is 1. The molecular formula is C17H13Cl2N3O3. The Morgan fingerprint density at radius 2 is 1.84 bits per heavy atom. The van der Waals surface area contributed by atoms with Crippen LogP contribution in [0.4, 0.5) is 5.69 Å². The third kappa shape index (κ3) is 3.18. The van der Waals surface area contributed by atoms with Gasteiger partial charge in [0.15, 0.2) is 0 Å². The average Bonchev–Trinajstić information content (AvgIpc) is 2.96. The molecule has 2 aromatic carbocycles. The number of nitrogens with one attached hydrogen (secondary N) is 1. The molecule has 3 rings (SSSR count). The van der Waals surface area contributed by atoms with E-state index >= 15 is 0 Å². The number of carboxylic acid groups (broad SMARTS) is 1. The van der Waals surface area contributed by atoms with Gasteiger partial charge < -0.3 is 15.0 Å². The number of fused-ring (bicyclic) bond motifs is 1. The smallest absolute Gasteiger partial charge is 0.335 e. The molecule has 0 aliphatic heterocycles. The molecule has 128 valence electrons. The molecule has 0 radical (unpaired) electrons. The Bertz CT molecular complexity index is 975. The lowest BCUT2D eigenvalue weighted by molar-refractivity contribution is -0.116. The number of nitrogens with zero attached hydrogens (tertiary/aromatic N) is 2. The van der Waals surface area contributed by atoms with Crippen molar-refractivity contribution in [2.24, 2.45) is 0 Å². The van der Waals surface area contributed by atoms with Gasteiger partial charge in [-0.25, -0.2) is 9.78 Å². The number of carbonyl (C=O) groups is 2. The Hall–Kier alpha value is -2.57. The molecule has 0 fully saturated rings. The maximum Gasteiger partial charge on any atom is 0.335 e. The van der Waals surface area contributed by atoms with E-state index in [2.05, 4.69) is 9.97 Å². The minimum Gasteiger partial charge on any atom is -0.478 e. The molecule has 1 amide bonds. The molecular weight excluding hydrogens is 365 g/mol. The Morgan fingerprint density at radius 3 is 2.48 bits per heavy atom. The number of H-pyrrole nitrogens is 1. The maximum atomic E-state index is 11.8. The van der Waals surface area contributed by atoms with Crippen LogP contribution >= 0.6 is 23.2 Å². The molecule has 0 saturated heterocycles. The van der Waals surface area contributed by atoms with Crippen LogP contribution in [0.2, 0.25) is 10.0 Å². The predicted octanol–water partition coefficient (Wildman–Crippen LogP) is 4.22. The first-order chi connectivity index (χ1) is 11.8. The fraction of sp³-hybridized carbons (Fsp3) is 0.118. The third-order valence-electron chi connectivity index (χ3n) is 3.86. The third-order valence-corrected chi connectivity index (χ3v) is 4.58. The van der Waals surface area contributed by atoms with Crippen LogP contribution in [0, 0.1) is 0 Å². The van der Waals surface area contributed by atoms with Gasteiger partial charge in [0, 0.05) is 19.5 Å². The Labute approximate surface area is 153 Å². The number of aromatic nitrogens is 2. The van der Waals surface area contributed by atoms with E-state index in [0.29, 0.717) is 38.2 Å². The lowest BCUT2D eigenvalue weighted by Gasteiger charge is -2.18. The molecule has 1 aromatic heterocycles. The minimum atomic E-state index is -1.07. The first-order valence-corrected chi connectivity index (χ1v) is 8.00. The molecule has 1 heterocycles. The molecule has 6 nitrogen and oxygen atoms in total. The van der Waals surface area contributed by atoms with Crippen LogP contribution in [0.1, 0.15) is 17.3 Å². The number of benzene rings is 2. The zero-order chi connectivity index (χ0) is 18.3. The second kappa shape index (κ2) is 6.38. The topological polar surface area (TPSA) is 86.3 Å². The zero-order valence-electron chi connectivity index (χ0n) is 13.3. The van der Waals surface area contributed by atoms with Gasteiger partial charge in [-0.2, -0.15) is 0 Å². The van der Waals surface area contributed by atoms with Crippen LogP contribution in [0.25, 0.3) is 22.4 Å². The van der Waals surface area contributed by atoms with Crippen LogP contribution < -0.4 is 4.90 Å². The van der Waals surface area contributed by atoms with E-state index in [1.807, 2.05) is 0 Å². The Morgan fingerprint density at radius 1 is 1.16 bits per heavy atom. The summed E-state index contributed by atoms with van der Waals surface area (Å²) in [6, 6.07) is 7.75. The lowest BCUT2D eigenvalue weighted by atomic mass is 10.1. The van der Waals surface area contributed by atoms with Crippen molar-refractivity contribution in [3.05, 3.63) is 45.9 Å². The molecule has 0 aliphatic carbocycles. The fourth-order valence-electron chi connectivity index (χ4n) is 2.45. The number of hydrogen-bond acceptors (Lipinski definition) is 3. The number of amides is 1. The van der Waals surface area contributed by atoms with Gasteiger partial charge in [0.1, 0.15) is 5.82 Å². The van der Waals surface area contributed by atoms with Gasteiger partial charge in [-0.3, -0.25) is 4.79 Å². The second-order valence-electron chi connectivity index (χ2n) is 5.48. The van der Waals surface area contributed by atoms with Crippen LogP contribution in [0.15, 0.2) is 30.3 Å². The summed E-state index contributed by atoms with van der Waals surface area (Å²) in [5, 5.41) is 10.0. The number of anilines is 1. The minimum absolute atomic E-state index is 0.0900. The first-order valence-electron chi connectivity index (χ1n) is 7.24. The summed E-state index contributed by atoms with van der Waals surface area (Å²) < 4.78 is 0. The average molecular weight is 378 g/mol. The van der Waals surface area contributed by atoms with Crippen molar-refractivity contribution in [2.75, 3.05) is 11.9 Å². The van der Waals surface area contributed by atoms with Crippen molar-refractivity contribution < 1.29 is 14.7 Å². The molecule has 0 saturated carbocycles. The monoisotopic (exact) mass is 377 g/mol. The number of hydrogen-bond donors (Lipinski definition) is 2. The van der Waals surface area contributed by atoms with Crippen molar-refractivity contribution in [3.63, 3.8) is 0 Å². The van der Waals surface area contributed by atoms with Gasteiger partial charge in [-0.1, -0.05) is 23.2 Å². The number of imidazole rings is 1. The second-order valence-corrected chi connectivity index (χ2v) is 6.30. The van der Waals surface area contributed by atoms with Gasteiger partial charge in [0.2, 0.25) is 5.91 Å². The van der Waals surface area contributed by atoms with Gasteiger partial charge in [-0.05, 0) is 30.3 Å². The van der Waals surface area contributed by atoms with Gasteiger partial charge in [-0.15, -0.1) is 0 Å². The van der Waals surface area contributed by atoms with E-state index in [4.69, 9.17) is 23.2 Å². The Balaban J connectivity index is 2.24. The Kier molecular flexibility index (Phi) is 4.41. The highest BCUT2D eigenvalue weighted by Crippen LogP contribution is 2.33. The molecule has 0 unspecified atom stereocenters. The molecule has 3 aromatic rings. The molecule has 0 bridgehead atoms.